The zero-order chi connectivity index (χ0) is 17.1. The first-order valence-corrected chi connectivity index (χ1v) is 10.2. The molecule has 9 heteroatoms. The number of ether oxygens (including phenoxy) is 2. The van der Waals surface area contributed by atoms with Crippen LogP contribution >= 0.6 is 11.8 Å². The summed E-state index contributed by atoms with van der Waals surface area (Å²) >= 11 is 1.42. The van der Waals surface area contributed by atoms with Crippen LogP contribution in [0.25, 0.3) is 0 Å². The van der Waals surface area contributed by atoms with Gasteiger partial charge in [-0.25, -0.2) is 4.68 Å². The number of hydrogen-bond acceptors (Lipinski definition) is 7. The first kappa shape index (κ1) is 17.2. The molecule has 8 nitrogen and oxygen atoms in total. The largest absolute Gasteiger partial charge is 0.376 e. The van der Waals surface area contributed by atoms with Crippen LogP contribution in [0, 0.1) is 0 Å². The smallest absolute Gasteiger partial charge is 0.233 e. The molecule has 1 aromatic rings. The molecular weight excluding hydrogens is 342 g/mol. The van der Waals surface area contributed by atoms with Gasteiger partial charge in [0.1, 0.15) is 0 Å². The molecule has 4 rings (SSSR count). The maximum absolute atomic E-state index is 12.8. The minimum Gasteiger partial charge on any atom is -0.376 e. The topological polar surface area (TPSA) is 82.4 Å². The number of morpholine rings is 1. The SMILES string of the molecule is O=C(CSc1nnnn1CC1CCCO1)N1CCOC2CCCCC21. The Kier molecular flexibility index (Phi) is 5.52. The molecule has 1 amide bonds. The molecule has 3 heterocycles. The van der Waals surface area contributed by atoms with Gasteiger partial charge < -0.3 is 14.4 Å². The van der Waals surface area contributed by atoms with E-state index in [1.807, 2.05) is 4.90 Å². The van der Waals surface area contributed by atoms with Crippen molar-refractivity contribution >= 4 is 17.7 Å². The average Bonchev–Trinajstić information content (AvgIpc) is 3.31. The van der Waals surface area contributed by atoms with Gasteiger partial charge in [-0.15, -0.1) is 5.10 Å². The zero-order valence-corrected chi connectivity index (χ0v) is 15.2. The normalized spacial score (nSPS) is 29.6. The number of carbonyl (C=O) groups is 1. The van der Waals surface area contributed by atoms with Crippen LogP contribution in [-0.2, 0) is 20.8 Å². The second kappa shape index (κ2) is 8.01. The fourth-order valence-corrected chi connectivity index (χ4v) is 4.78. The Morgan fingerprint density at radius 2 is 2.08 bits per heavy atom. The van der Waals surface area contributed by atoms with Crippen LogP contribution in [0.4, 0.5) is 0 Å². The highest BCUT2D eigenvalue weighted by Gasteiger charge is 2.36. The number of amides is 1. The third-order valence-corrected chi connectivity index (χ3v) is 6.22. The van der Waals surface area contributed by atoms with E-state index in [2.05, 4.69) is 15.5 Å². The lowest BCUT2D eigenvalue weighted by atomic mass is 9.90. The second-order valence-electron chi connectivity index (χ2n) is 6.92. The fourth-order valence-electron chi connectivity index (χ4n) is 4.01. The van der Waals surface area contributed by atoms with Crippen molar-refractivity contribution in [3.8, 4) is 0 Å². The number of aromatic nitrogens is 4. The van der Waals surface area contributed by atoms with Crippen molar-refractivity contribution in [3.63, 3.8) is 0 Å². The predicted octanol–water partition coefficient (Wildman–Crippen LogP) is 1.11. The van der Waals surface area contributed by atoms with E-state index in [4.69, 9.17) is 9.47 Å². The summed E-state index contributed by atoms with van der Waals surface area (Å²) in [5.74, 6) is 0.534. The van der Waals surface area contributed by atoms with E-state index in [0.717, 1.165) is 32.3 Å². The number of rotatable bonds is 5. The van der Waals surface area contributed by atoms with Crippen molar-refractivity contribution in [2.24, 2.45) is 0 Å². The van der Waals surface area contributed by atoms with Crippen molar-refractivity contribution in [2.75, 3.05) is 25.5 Å². The Bertz CT molecular complexity index is 590. The summed E-state index contributed by atoms with van der Waals surface area (Å²) in [5, 5.41) is 12.6. The van der Waals surface area contributed by atoms with Crippen molar-refractivity contribution in [3.05, 3.63) is 0 Å². The molecule has 0 spiro atoms. The molecule has 0 radical (unpaired) electrons. The van der Waals surface area contributed by atoms with Gasteiger partial charge in [-0.2, -0.15) is 0 Å². The summed E-state index contributed by atoms with van der Waals surface area (Å²) in [7, 11) is 0. The van der Waals surface area contributed by atoms with Crippen LogP contribution < -0.4 is 0 Å². The minimum atomic E-state index is 0.164. The molecule has 2 saturated heterocycles. The molecule has 3 atom stereocenters. The van der Waals surface area contributed by atoms with Gasteiger partial charge in [-0.3, -0.25) is 4.79 Å². The lowest BCUT2D eigenvalue weighted by Gasteiger charge is -2.43. The molecule has 3 unspecified atom stereocenters. The van der Waals surface area contributed by atoms with E-state index in [-0.39, 0.29) is 24.2 Å². The van der Waals surface area contributed by atoms with E-state index in [9.17, 15) is 4.79 Å². The van der Waals surface area contributed by atoms with E-state index >= 15 is 0 Å². The summed E-state index contributed by atoms with van der Waals surface area (Å²) < 4.78 is 13.3. The van der Waals surface area contributed by atoms with E-state index in [1.165, 1.54) is 24.6 Å². The summed E-state index contributed by atoms with van der Waals surface area (Å²) in [5.41, 5.74) is 0. The number of thioether (sulfide) groups is 1. The molecule has 0 N–H and O–H groups in total. The number of tetrazole rings is 1. The van der Waals surface area contributed by atoms with Gasteiger partial charge in [-0.05, 0) is 36.1 Å². The molecule has 3 fully saturated rings. The molecule has 1 aromatic heterocycles. The van der Waals surface area contributed by atoms with Crippen LogP contribution in [0.2, 0.25) is 0 Å². The Morgan fingerprint density at radius 3 is 2.96 bits per heavy atom. The van der Waals surface area contributed by atoms with E-state index in [0.29, 0.717) is 30.6 Å². The van der Waals surface area contributed by atoms with Gasteiger partial charge in [0.25, 0.3) is 0 Å². The van der Waals surface area contributed by atoms with Gasteiger partial charge in [0.05, 0.1) is 37.2 Å². The van der Waals surface area contributed by atoms with Crippen LogP contribution in [-0.4, -0.2) is 74.8 Å². The number of nitrogens with zero attached hydrogens (tertiary/aromatic N) is 5. The lowest BCUT2D eigenvalue weighted by Crippen LogP contribution is -2.55. The van der Waals surface area contributed by atoms with Crippen molar-refractivity contribution in [2.45, 2.75) is 68.5 Å². The Balaban J connectivity index is 1.33. The monoisotopic (exact) mass is 367 g/mol. The average molecular weight is 367 g/mol. The molecule has 2 aliphatic heterocycles. The summed E-state index contributed by atoms with van der Waals surface area (Å²) in [6.45, 7) is 2.81. The summed E-state index contributed by atoms with van der Waals surface area (Å²) in [4.78, 5) is 14.8. The number of fused-ring (bicyclic) bond motifs is 1. The molecule has 0 aromatic carbocycles. The highest BCUT2D eigenvalue weighted by Crippen LogP contribution is 2.29. The van der Waals surface area contributed by atoms with Crippen LogP contribution in [0.3, 0.4) is 0 Å². The first-order chi connectivity index (χ1) is 12.3. The molecule has 3 aliphatic rings. The number of carbonyl (C=O) groups excluding carboxylic acids is 1. The molecular formula is C16H25N5O3S. The molecule has 25 heavy (non-hydrogen) atoms. The highest BCUT2D eigenvalue weighted by atomic mass is 32.2. The summed E-state index contributed by atoms with van der Waals surface area (Å²) in [6.07, 6.45) is 7.05. The predicted molar refractivity (Wildman–Crippen MR) is 91.2 cm³/mol. The number of hydrogen-bond donors (Lipinski definition) is 0. The second-order valence-corrected chi connectivity index (χ2v) is 7.86. The van der Waals surface area contributed by atoms with E-state index in [1.54, 1.807) is 4.68 Å². The van der Waals surface area contributed by atoms with Crippen LogP contribution in [0.5, 0.6) is 0 Å². The summed E-state index contributed by atoms with van der Waals surface area (Å²) in [6, 6.07) is 0.249. The van der Waals surface area contributed by atoms with Crippen molar-refractivity contribution in [1.82, 2.24) is 25.1 Å². The van der Waals surface area contributed by atoms with Gasteiger partial charge in [-0.1, -0.05) is 24.6 Å². The van der Waals surface area contributed by atoms with Gasteiger partial charge in [0.2, 0.25) is 11.1 Å². The minimum absolute atomic E-state index is 0.164. The standard InChI is InChI=1S/C16H25N5O3S/c22-15(20-7-9-24-14-6-2-1-5-13(14)20)11-25-16-17-18-19-21(16)10-12-4-3-8-23-12/h12-14H,1-11H2. The Morgan fingerprint density at radius 1 is 1.16 bits per heavy atom. The zero-order valence-electron chi connectivity index (χ0n) is 14.4. The Hall–Kier alpha value is -1.19. The third kappa shape index (κ3) is 3.98. The highest BCUT2D eigenvalue weighted by molar-refractivity contribution is 7.99. The fraction of sp³-hybridized carbons (Fsp3) is 0.875. The van der Waals surface area contributed by atoms with Crippen LogP contribution in [0.1, 0.15) is 38.5 Å². The maximum atomic E-state index is 12.8. The molecule has 138 valence electrons. The molecule has 1 saturated carbocycles. The quantitative estimate of drug-likeness (QED) is 0.721. The van der Waals surface area contributed by atoms with Gasteiger partial charge >= 0.3 is 0 Å². The van der Waals surface area contributed by atoms with E-state index < -0.39 is 0 Å². The van der Waals surface area contributed by atoms with Crippen molar-refractivity contribution < 1.29 is 14.3 Å². The third-order valence-electron chi connectivity index (χ3n) is 5.28. The maximum Gasteiger partial charge on any atom is 0.233 e. The lowest BCUT2D eigenvalue weighted by molar-refractivity contribution is -0.146. The molecule has 1 aliphatic carbocycles. The van der Waals surface area contributed by atoms with Gasteiger partial charge in [0, 0.05) is 13.2 Å². The molecule has 0 bridgehead atoms. The first-order valence-electron chi connectivity index (χ1n) is 9.23. The van der Waals surface area contributed by atoms with Crippen LogP contribution in [0.15, 0.2) is 5.16 Å². The van der Waals surface area contributed by atoms with Crippen molar-refractivity contribution in [1.29, 1.82) is 0 Å². The Labute approximate surface area is 151 Å². The van der Waals surface area contributed by atoms with Gasteiger partial charge in [0.15, 0.2) is 0 Å².